The van der Waals surface area contributed by atoms with E-state index in [4.69, 9.17) is 4.52 Å². The van der Waals surface area contributed by atoms with E-state index in [1.165, 1.54) is 24.3 Å². The number of benzene rings is 1. The Morgan fingerprint density at radius 2 is 2.05 bits per heavy atom. The number of carbonyl (C=O) groups excluding carboxylic acids is 1. The molecule has 0 radical (unpaired) electrons. The van der Waals surface area contributed by atoms with Crippen molar-refractivity contribution in [3.05, 3.63) is 51.2 Å². The number of nitro groups is 1. The maximum absolute atomic E-state index is 12.0. The number of aryl methyl sites for hydroxylation is 1. The van der Waals surface area contributed by atoms with Crippen LogP contribution >= 0.6 is 0 Å². The second kappa shape index (κ2) is 4.76. The Morgan fingerprint density at radius 3 is 2.75 bits per heavy atom. The van der Waals surface area contributed by atoms with Crippen LogP contribution in [0.15, 0.2) is 28.8 Å². The molecule has 3 rings (SSSR count). The van der Waals surface area contributed by atoms with Crippen LogP contribution in [-0.2, 0) is 12.8 Å². The number of aromatic nitrogens is 1. The zero-order valence-electron chi connectivity index (χ0n) is 10.5. The second-order valence-electron chi connectivity index (χ2n) is 4.55. The van der Waals surface area contributed by atoms with Crippen LogP contribution < -0.4 is 5.32 Å². The molecule has 1 aliphatic carbocycles. The van der Waals surface area contributed by atoms with Crippen molar-refractivity contribution in [2.45, 2.75) is 19.3 Å². The third-order valence-corrected chi connectivity index (χ3v) is 3.28. The molecule has 20 heavy (non-hydrogen) atoms. The lowest BCUT2D eigenvalue weighted by molar-refractivity contribution is -0.384. The molecule has 0 atom stereocenters. The molecule has 0 saturated carbocycles. The monoisotopic (exact) mass is 273 g/mol. The summed E-state index contributed by atoms with van der Waals surface area (Å²) in [5.74, 6) is 0.00611. The van der Waals surface area contributed by atoms with Gasteiger partial charge in [0.15, 0.2) is 0 Å². The van der Waals surface area contributed by atoms with Crippen LogP contribution in [-0.4, -0.2) is 16.0 Å². The predicted octanol–water partition coefficient (Wildman–Crippen LogP) is 2.32. The first-order chi connectivity index (χ1) is 9.65. The molecule has 1 N–H and O–H groups in total. The third-order valence-electron chi connectivity index (χ3n) is 3.28. The first-order valence-corrected chi connectivity index (χ1v) is 6.18. The number of nitrogens with zero attached hydrogens (tertiary/aromatic N) is 2. The molecule has 1 aliphatic rings. The lowest BCUT2D eigenvalue weighted by Gasteiger charge is -2.02. The number of hydrogen-bond donors (Lipinski definition) is 1. The van der Waals surface area contributed by atoms with Crippen LogP contribution in [0.5, 0.6) is 0 Å². The number of nitrogens with one attached hydrogen (secondary N) is 1. The molecule has 0 fully saturated rings. The average Bonchev–Trinajstić information content (AvgIpc) is 3.04. The Hall–Kier alpha value is -2.70. The molecular formula is C13H11N3O4. The Morgan fingerprint density at radius 1 is 1.30 bits per heavy atom. The Balaban J connectivity index is 1.77. The molecule has 0 spiro atoms. The van der Waals surface area contributed by atoms with Gasteiger partial charge >= 0.3 is 0 Å². The van der Waals surface area contributed by atoms with Crippen molar-refractivity contribution >= 4 is 17.5 Å². The van der Waals surface area contributed by atoms with Crippen molar-refractivity contribution < 1.29 is 14.2 Å². The van der Waals surface area contributed by atoms with Crippen LogP contribution in [0.1, 0.15) is 28.0 Å². The van der Waals surface area contributed by atoms with Gasteiger partial charge in [0.1, 0.15) is 0 Å². The Kier molecular flexibility index (Phi) is 2.94. The summed E-state index contributed by atoms with van der Waals surface area (Å²) in [7, 11) is 0. The van der Waals surface area contributed by atoms with Crippen LogP contribution in [0.3, 0.4) is 0 Å². The largest absolute Gasteiger partial charge is 0.338 e. The molecule has 0 bridgehead atoms. The van der Waals surface area contributed by atoms with Crippen molar-refractivity contribution in [2.24, 2.45) is 0 Å². The number of non-ortho nitro benzene ring substituents is 1. The number of anilines is 1. The lowest BCUT2D eigenvalue weighted by Crippen LogP contribution is -2.12. The smallest absolute Gasteiger partial charge is 0.269 e. The molecule has 0 aliphatic heterocycles. The highest BCUT2D eigenvalue weighted by atomic mass is 16.6. The molecule has 0 saturated heterocycles. The summed E-state index contributed by atoms with van der Waals surface area (Å²) in [6.45, 7) is 0. The van der Waals surface area contributed by atoms with Gasteiger partial charge < -0.3 is 4.52 Å². The number of rotatable bonds is 3. The van der Waals surface area contributed by atoms with E-state index >= 15 is 0 Å². The highest BCUT2D eigenvalue weighted by Crippen LogP contribution is 2.28. The normalized spacial score (nSPS) is 13.0. The van der Waals surface area contributed by atoms with Crippen molar-refractivity contribution in [3.8, 4) is 0 Å². The Bertz CT molecular complexity index is 675. The summed E-state index contributed by atoms with van der Waals surface area (Å²) in [5, 5.41) is 17.1. The van der Waals surface area contributed by atoms with Gasteiger partial charge in [-0.15, -0.1) is 0 Å². The van der Waals surface area contributed by atoms with Gasteiger partial charge in [0.25, 0.3) is 11.6 Å². The van der Waals surface area contributed by atoms with Crippen LogP contribution in [0.25, 0.3) is 0 Å². The van der Waals surface area contributed by atoms with Crippen LogP contribution in [0, 0.1) is 10.1 Å². The van der Waals surface area contributed by atoms with Gasteiger partial charge in [0, 0.05) is 23.3 Å². The van der Waals surface area contributed by atoms with E-state index in [-0.39, 0.29) is 11.6 Å². The number of hydrogen-bond acceptors (Lipinski definition) is 5. The van der Waals surface area contributed by atoms with Crippen molar-refractivity contribution in [1.82, 2.24) is 5.16 Å². The fourth-order valence-corrected chi connectivity index (χ4v) is 2.24. The van der Waals surface area contributed by atoms with Gasteiger partial charge in [-0.1, -0.05) is 5.16 Å². The SMILES string of the molecule is O=C(Nc1onc2c1CCC2)c1ccc([N+](=O)[O-])cc1. The molecule has 1 amide bonds. The molecule has 1 heterocycles. The lowest BCUT2D eigenvalue weighted by atomic mass is 10.2. The number of carbonyl (C=O) groups is 1. The van der Waals surface area contributed by atoms with E-state index < -0.39 is 4.92 Å². The molecular weight excluding hydrogens is 262 g/mol. The number of nitro benzene ring substituents is 1. The summed E-state index contributed by atoms with van der Waals surface area (Å²) < 4.78 is 5.10. The van der Waals surface area contributed by atoms with Crippen LogP contribution in [0.2, 0.25) is 0 Å². The van der Waals surface area contributed by atoms with E-state index in [0.29, 0.717) is 11.4 Å². The first-order valence-electron chi connectivity index (χ1n) is 6.18. The highest BCUT2D eigenvalue weighted by molar-refractivity contribution is 6.04. The summed E-state index contributed by atoms with van der Waals surface area (Å²) in [6.07, 6.45) is 2.72. The van der Waals surface area contributed by atoms with E-state index in [1.807, 2.05) is 0 Å². The molecule has 7 heteroatoms. The minimum absolute atomic E-state index is 0.0536. The minimum Gasteiger partial charge on any atom is -0.338 e. The molecule has 2 aromatic rings. The third kappa shape index (κ3) is 2.13. The van der Waals surface area contributed by atoms with Crippen molar-refractivity contribution in [2.75, 3.05) is 5.32 Å². The zero-order valence-corrected chi connectivity index (χ0v) is 10.5. The number of fused-ring (bicyclic) bond motifs is 1. The van der Waals surface area contributed by atoms with Gasteiger partial charge in [-0.2, -0.15) is 0 Å². The minimum atomic E-state index is -0.509. The van der Waals surface area contributed by atoms with E-state index in [0.717, 1.165) is 30.5 Å². The second-order valence-corrected chi connectivity index (χ2v) is 4.55. The first kappa shape index (κ1) is 12.3. The fraction of sp³-hybridized carbons (Fsp3) is 0.231. The summed E-state index contributed by atoms with van der Waals surface area (Å²) in [6, 6.07) is 5.40. The van der Waals surface area contributed by atoms with Gasteiger partial charge in [-0.25, -0.2) is 0 Å². The van der Waals surface area contributed by atoms with Gasteiger partial charge in [-0.3, -0.25) is 20.2 Å². The molecule has 1 aromatic carbocycles. The summed E-state index contributed by atoms with van der Waals surface area (Å²) >= 11 is 0. The van der Waals surface area contributed by atoms with Gasteiger partial charge in [0.05, 0.1) is 10.6 Å². The number of amides is 1. The standard InChI is InChI=1S/C13H11N3O4/c17-12(8-4-6-9(7-5-8)16(18)19)14-13-10-2-1-3-11(10)15-20-13/h4-7H,1-3H2,(H,14,17). The maximum Gasteiger partial charge on any atom is 0.269 e. The van der Waals surface area contributed by atoms with Gasteiger partial charge in [0.2, 0.25) is 5.88 Å². The summed E-state index contributed by atoms with van der Waals surface area (Å²) in [5.41, 5.74) is 2.12. The van der Waals surface area contributed by atoms with Crippen molar-refractivity contribution in [1.29, 1.82) is 0 Å². The molecule has 7 nitrogen and oxygen atoms in total. The van der Waals surface area contributed by atoms with Crippen LogP contribution in [0.4, 0.5) is 11.6 Å². The van der Waals surface area contributed by atoms with E-state index in [1.54, 1.807) is 0 Å². The molecule has 0 unspecified atom stereocenters. The highest BCUT2D eigenvalue weighted by Gasteiger charge is 2.22. The van der Waals surface area contributed by atoms with E-state index in [9.17, 15) is 14.9 Å². The topological polar surface area (TPSA) is 98.3 Å². The quantitative estimate of drug-likeness (QED) is 0.683. The molecule has 1 aromatic heterocycles. The van der Waals surface area contributed by atoms with E-state index in [2.05, 4.69) is 10.5 Å². The summed E-state index contributed by atoms with van der Waals surface area (Å²) in [4.78, 5) is 22.1. The Labute approximate surface area is 113 Å². The predicted molar refractivity (Wildman–Crippen MR) is 69.6 cm³/mol. The fourth-order valence-electron chi connectivity index (χ4n) is 2.24. The zero-order chi connectivity index (χ0) is 14.1. The maximum atomic E-state index is 12.0. The average molecular weight is 273 g/mol. The molecule has 102 valence electrons. The van der Waals surface area contributed by atoms with Crippen molar-refractivity contribution in [3.63, 3.8) is 0 Å². The van der Waals surface area contributed by atoms with Gasteiger partial charge in [-0.05, 0) is 31.4 Å².